The number of esters is 1. The minimum absolute atomic E-state index is 0.161. The van der Waals surface area contributed by atoms with Gasteiger partial charge in [-0.15, -0.1) is 0 Å². The molecule has 0 spiro atoms. The number of phosphoric ester groups is 1. The van der Waals surface area contributed by atoms with Gasteiger partial charge in [0.05, 0.1) is 12.9 Å². The number of carbonyl (C=O) groups excluding carboxylic acids is 2. The predicted octanol–water partition coefficient (Wildman–Crippen LogP) is 1.69. The normalized spacial score (nSPS) is 29.6. The maximum absolute atomic E-state index is 12.3. The minimum atomic E-state index is -4.30. The van der Waals surface area contributed by atoms with Crippen LogP contribution in [0.2, 0.25) is 0 Å². The Kier molecular flexibility index (Phi) is 6.54. The molecule has 1 amide bonds. The molecule has 0 radical (unpaired) electrons. The molecule has 2 aromatic heterocycles. The fourth-order valence-corrected chi connectivity index (χ4v) is 4.60. The van der Waals surface area contributed by atoms with Crippen molar-refractivity contribution in [2.45, 2.75) is 64.1 Å². The number of rotatable bonds is 7. The number of ether oxygens (including phenoxy) is 2. The number of nitrogens with one attached hydrogen (secondary N) is 1. The van der Waals surface area contributed by atoms with Gasteiger partial charge in [0.1, 0.15) is 18.5 Å². The van der Waals surface area contributed by atoms with Gasteiger partial charge in [-0.25, -0.2) is 19.5 Å². The number of carbonyl (C=O) groups is 2. The third kappa shape index (κ3) is 4.52. The number of hydrogen-bond acceptors (Lipinski definition) is 10. The lowest BCUT2D eigenvalue weighted by Gasteiger charge is -2.29. The van der Waals surface area contributed by atoms with Crippen molar-refractivity contribution in [1.29, 1.82) is 0 Å². The Balaban J connectivity index is 1.68. The van der Waals surface area contributed by atoms with E-state index >= 15 is 0 Å². The first-order valence-electron chi connectivity index (χ1n) is 10.3. The van der Waals surface area contributed by atoms with Crippen molar-refractivity contribution in [2.24, 2.45) is 0 Å². The summed E-state index contributed by atoms with van der Waals surface area (Å²) < 4.78 is 35.1. The number of imidazole rings is 1. The fourth-order valence-electron chi connectivity index (χ4n) is 3.64. The number of hydrogen-bond donors (Lipinski definition) is 2. The highest BCUT2D eigenvalue weighted by atomic mass is 31.2. The van der Waals surface area contributed by atoms with E-state index in [-0.39, 0.29) is 24.8 Å². The van der Waals surface area contributed by atoms with Gasteiger partial charge in [0.25, 0.3) is 0 Å². The van der Waals surface area contributed by atoms with Crippen LogP contribution in [0.25, 0.3) is 11.2 Å². The highest BCUT2D eigenvalue weighted by molar-refractivity contribution is 7.47. The molecule has 0 aliphatic carbocycles. The van der Waals surface area contributed by atoms with Crippen molar-refractivity contribution >= 4 is 36.7 Å². The van der Waals surface area contributed by atoms with Crippen LogP contribution in [0.3, 0.4) is 0 Å². The lowest BCUT2D eigenvalue weighted by molar-refractivity contribution is -0.158. The Hall–Kier alpha value is -2.44. The van der Waals surface area contributed by atoms with Gasteiger partial charge >= 0.3 is 13.8 Å². The van der Waals surface area contributed by atoms with Gasteiger partial charge in [-0.3, -0.25) is 23.2 Å². The second kappa shape index (κ2) is 9.20. The van der Waals surface area contributed by atoms with E-state index in [9.17, 15) is 19.0 Å². The summed E-state index contributed by atoms with van der Waals surface area (Å²) in [4.78, 5) is 46.7. The average molecular weight is 469 g/mol. The molecule has 2 aromatic rings. The molecule has 0 bridgehead atoms. The number of amides is 1. The van der Waals surface area contributed by atoms with E-state index in [2.05, 4.69) is 20.3 Å². The summed E-state index contributed by atoms with van der Waals surface area (Å²) >= 11 is 0. The molecule has 174 valence electrons. The maximum atomic E-state index is 12.3. The van der Waals surface area contributed by atoms with Gasteiger partial charge in [-0.1, -0.05) is 13.8 Å². The SMILES string of the molecule is CCCC(=O)Nc1ncnc2c1ncn2C1O[C@H]2COP(=O)(O)O[C@@H]2[C@@H]1OC(=O)CCC. The predicted molar refractivity (Wildman–Crippen MR) is 108 cm³/mol. The molecule has 0 aromatic carbocycles. The third-order valence-corrected chi connectivity index (χ3v) is 6.02. The lowest BCUT2D eigenvalue weighted by Crippen LogP contribution is -2.41. The second-order valence-corrected chi connectivity index (χ2v) is 8.85. The summed E-state index contributed by atoms with van der Waals surface area (Å²) in [5, 5.41) is 2.70. The van der Waals surface area contributed by atoms with Crippen LogP contribution in [0.5, 0.6) is 0 Å². The van der Waals surface area contributed by atoms with E-state index in [1.807, 2.05) is 13.8 Å². The molecule has 2 aliphatic rings. The Bertz CT molecular complexity index is 1060. The van der Waals surface area contributed by atoms with E-state index in [0.717, 1.165) is 0 Å². The first-order valence-corrected chi connectivity index (χ1v) is 11.8. The highest BCUT2D eigenvalue weighted by Crippen LogP contribution is 2.53. The van der Waals surface area contributed by atoms with E-state index in [4.69, 9.17) is 18.5 Å². The van der Waals surface area contributed by atoms with Crippen molar-refractivity contribution in [1.82, 2.24) is 19.5 Å². The van der Waals surface area contributed by atoms with Crippen molar-refractivity contribution < 1.29 is 37.6 Å². The monoisotopic (exact) mass is 469 g/mol. The molecule has 2 unspecified atom stereocenters. The zero-order chi connectivity index (χ0) is 22.9. The van der Waals surface area contributed by atoms with Gasteiger partial charge in [0.2, 0.25) is 5.91 Å². The van der Waals surface area contributed by atoms with Crippen LogP contribution in [-0.4, -0.2) is 61.2 Å². The zero-order valence-electron chi connectivity index (χ0n) is 17.5. The largest absolute Gasteiger partial charge is 0.472 e. The van der Waals surface area contributed by atoms with E-state index in [1.165, 1.54) is 17.2 Å². The lowest BCUT2D eigenvalue weighted by atomic mass is 10.1. The summed E-state index contributed by atoms with van der Waals surface area (Å²) in [5.74, 6) is -0.469. The van der Waals surface area contributed by atoms with Crippen LogP contribution in [-0.2, 0) is 32.7 Å². The molecule has 4 rings (SSSR count). The van der Waals surface area contributed by atoms with E-state index in [0.29, 0.717) is 30.4 Å². The second-order valence-electron chi connectivity index (χ2n) is 7.45. The van der Waals surface area contributed by atoms with Crippen LogP contribution < -0.4 is 5.32 Å². The van der Waals surface area contributed by atoms with Gasteiger partial charge in [0.15, 0.2) is 29.3 Å². The summed E-state index contributed by atoms with van der Waals surface area (Å²) in [6.45, 7) is 3.50. The Morgan fingerprint density at radius 3 is 2.81 bits per heavy atom. The topological polar surface area (TPSA) is 164 Å². The molecule has 32 heavy (non-hydrogen) atoms. The summed E-state index contributed by atoms with van der Waals surface area (Å²) in [6, 6.07) is 0. The van der Waals surface area contributed by atoms with Gasteiger partial charge < -0.3 is 19.7 Å². The average Bonchev–Trinajstić information content (AvgIpc) is 3.30. The van der Waals surface area contributed by atoms with Gasteiger partial charge in [-0.05, 0) is 12.8 Å². The van der Waals surface area contributed by atoms with Crippen LogP contribution >= 0.6 is 7.82 Å². The number of phosphoric acid groups is 1. The maximum Gasteiger partial charge on any atom is 0.472 e. The van der Waals surface area contributed by atoms with Crippen LogP contribution in [0.1, 0.15) is 45.8 Å². The number of nitrogens with zero attached hydrogens (tertiary/aromatic N) is 4. The Morgan fingerprint density at radius 2 is 2.06 bits per heavy atom. The molecule has 2 aliphatic heterocycles. The fraction of sp³-hybridized carbons (Fsp3) is 0.611. The molecule has 5 atom stereocenters. The Morgan fingerprint density at radius 1 is 1.28 bits per heavy atom. The minimum Gasteiger partial charge on any atom is -0.455 e. The molecule has 13 nitrogen and oxygen atoms in total. The van der Waals surface area contributed by atoms with Crippen LogP contribution in [0.4, 0.5) is 5.82 Å². The molecule has 2 N–H and O–H groups in total. The van der Waals surface area contributed by atoms with Crippen LogP contribution in [0, 0.1) is 0 Å². The van der Waals surface area contributed by atoms with Crippen molar-refractivity contribution in [2.75, 3.05) is 11.9 Å². The number of aromatic nitrogens is 4. The highest BCUT2D eigenvalue weighted by Gasteiger charge is 2.55. The molecular weight excluding hydrogens is 445 g/mol. The van der Waals surface area contributed by atoms with Gasteiger partial charge in [0, 0.05) is 12.8 Å². The molecule has 4 heterocycles. The first-order chi connectivity index (χ1) is 15.3. The summed E-state index contributed by atoms with van der Waals surface area (Å²) in [7, 11) is -4.30. The smallest absolute Gasteiger partial charge is 0.455 e. The molecular formula is C18H24N5O8P. The van der Waals surface area contributed by atoms with Crippen LogP contribution in [0.15, 0.2) is 12.7 Å². The van der Waals surface area contributed by atoms with Crippen molar-refractivity contribution in [3.8, 4) is 0 Å². The summed E-state index contributed by atoms with van der Waals surface area (Å²) in [6.07, 6.45) is 0.639. The summed E-state index contributed by atoms with van der Waals surface area (Å²) in [5.41, 5.74) is 0.638. The van der Waals surface area contributed by atoms with Crippen molar-refractivity contribution in [3.05, 3.63) is 12.7 Å². The molecule has 0 saturated carbocycles. The zero-order valence-corrected chi connectivity index (χ0v) is 18.4. The van der Waals surface area contributed by atoms with E-state index in [1.54, 1.807) is 0 Å². The molecule has 2 fully saturated rings. The van der Waals surface area contributed by atoms with Gasteiger partial charge in [-0.2, -0.15) is 0 Å². The Labute approximate surface area is 183 Å². The molecule has 14 heteroatoms. The third-order valence-electron chi connectivity index (χ3n) is 5.03. The number of fused-ring (bicyclic) bond motifs is 2. The number of anilines is 1. The standard InChI is InChI=1S/C18H24N5O8P/c1-3-5-11(24)22-16-13-17(20-8-19-16)23(9-21-13)18-15(30-12(25)6-4-2)14-10(29-18)7-28-32(26,27)31-14/h8-10,14-15,18H,3-7H2,1-2H3,(H,26,27)(H,19,20,22,24)/t10-,14-,15-,18?/m0/s1. The molecule has 2 saturated heterocycles. The van der Waals surface area contributed by atoms with Crippen molar-refractivity contribution in [3.63, 3.8) is 0 Å². The van der Waals surface area contributed by atoms with E-state index < -0.39 is 38.3 Å². The quantitative estimate of drug-likeness (QED) is 0.448. The first kappa shape index (κ1) is 22.7.